The lowest BCUT2D eigenvalue weighted by Gasteiger charge is -2.39. The van der Waals surface area contributed by atoms with Crippen LogP contribution in [0.4, 0.5) is 0 Å². The zero-order valence-corrected chi connectivity index (χ0v) is 12.3. The maximum atomic E-state index is 12.3. The molecule has 0 aliphatic carbocycles. The van der Waals surface area contributed by atoms with E-state index in [1.54, 1.807) is 4.90 Å². The molecule has 0 spiro atoms. The summed E-state index contributed by atoms with van der Waals surface area (Å²) in [6.07, 6.45) is 4.97. The highest BCUT2D eigenvalue weighted by Crippen LogP contribution is 2.35. The van der Waals surface area contributed by atoms with Crippen molar-refractivity contribution in [3.8, 4) is 0 Å². The van der Waals surface area contributed by atoms with Crippen molar-refractivity contribution >= 4 is 11.9 Å². The summed E-state index contributed by atoms with van der Waals surface area (Å²) in [4.78, 5) is 25.6. The van der Waals surface area contributed by atoms with E-state index in [1.807, 2.05) is 19.9 Å². The normalized spacial score (nSPS) is 21.9. The summed E-state index contributed by atoms with van der Waals surface area (Å²) in [5.74, 6) is -1.12. The number of rotatable bonds is 4. The third-order valence-corrected chi connectivity index (χ3v) is 3.85. The number of carboxylic acid groups (broad SMARTS) is 1. The van der Waals surface area contributed by atoms with Crippen LogP contribution in [0, 0.1) is 5.41 Å². The molecule has 1 aromatic heterocycles. The molecule has 1 unspecified atom stereocenters. The van der Waals surface area contributed by atoms with Crippen LogP contribution in [-0.4, -0.2) is 50.4 Å². The van der Waals surface area contributed by atoms with Crippen LogP contribution in [0.1, 0.15) is 43.6 Å². The lowest BCUT2D eigenvalue weighted by Crippen LogP contribution is -2.49. The number of hydrogen-bond donors (Lipinski definition) is 2. The molecule has 0 bridgehead atoms. The van der Waals surface area contributed by atoms with Crippen molar-refractivity contribution < 1.29 is 14.7 Å². The Bertz CT molecular complexity index is 549. The average Bonchev–Trinajstić information content (AvgIpc) is 2.98. The first kappa shape index (κ1) is 15.2. The molecule has 1 aromatic rings. The predicted octanol–water partition coefficient (Wildman–Crippen LogP) is 1.47. The zero-order chi connectivity index (χ0) is 15.5. The topological polar surface area (TPSA) is 99.2 Å². The van der Waals surface area contributed by atoms with Gasteiger partial charge < -0.3 is 10.0 Å². The van der Waals surface area contributed by atoms with Gasteiger partial charge in [-0.25, -0.2) is 0 Å². The SMILES string of the molecule is CC(C)=CCC1(C(=O)O)CCCN(C(=O)c2cn[nH]n2)C1. The van der Waals surface area contributed by atoms with Gasteiger partial charge in [-0.2, -0.15) is 15.4 Å². The summed E-state index contributed by atoms with van der Waals surface area (Å²) >= 11 is 0. The summed E-state index contributed by atoms with van der Waals surface area (Å²) in [6.45, 7) is 4.64. The van der Waals surface area contributed by atoms with Gasteiger partial charge in [0.1, 0.15) is 0 Å². The van der Waals surface area contributed by atoms with Gasteiger partial charge in [0.25, 0.3) is 5.91 Å². The first-order valence-electron chi connectivity index (χ1n) is 6.96. The fourth-order valence-corrected chi connectivity index (χ4v) is 2.60. The number of nitrogens with zero attached hydrogens (tertiary/aromatic N) is 3. The van der Waals surface area contributed by atoms with Gasteiger partial charge >= 0.3 is 5.97 Å². The summed E-state index contributed by atoms with van der Waals surface area (Å²) in [5, 5.41) is 19.4. The van der Waals surface area contributed by atoms with Gasteiger partial charge in [0.05, 0.1) is 11.6 Å². The van der Waals surface area contributed by atoms with Crippen molar-refractivity contribution in [3.63, 3.8) is 0 Å². The fourth-order valence-electron chi connectivity index (χ4n) is 2.60. The van der Waals surface area contributed by atoms with Crippen LogP contribution in [0.3, 0.4) is 0 Å². The van der Waals surface area contributed by atoms with Crippen LogP contribution >= 0.6 is 0 Å². The summed E-state index contributed by atoms with van der Waals surface area (Å²) in [5.41, 5.74) is 0.392. The number of allylic oxidation sites excluding steroid dienone is 2. The molecular weight excluding hydrogens is 272 g/mol. The van der Waals surface area contributed by atoms with Gasteiger partial charge in [0.2, 0.25) is 0 Å². The largest absolute Gasteiger partial charge is 0.481 e. The Balaban J connectivity index is 2.18. The van der Waals surface area contributed by atoms with Gasteiger partial charge in [-0.3, -0.25) is 9.59 Å². The van der Waals surface area contributed by atoms with E-state index in [2.05, 4.69) is 15.4 Å². The minimum absolute atomic E-state index is 0.206. The number of likely N-dealkylation sites (tertiary alicyclic amines) is 1. The molecule has 21 heavy (non-hydrogen) atoms. The minimum atomic E-state index is -0.908. The van der Waals surface area contributed by atoms with E-state index >= 15 is 0 Å². The zero-order valence-electron chi connectivity index (χ0n) is 12.3. The van der Waals surface area contributed by atoms with E-state index in [0.29, 0.717) is 25.8 Å². The number of aromatic amines is 1. The summed E-state index contributed by atoms with van der Waals surface area (Å²) in [6, 6.07) is 0. The minimum Gasteiger partial charge on any atom is -0.481 e. The van der Waals surface area contributed by atoms with Gasteiger partial charge in [-0.1, -0.05) is 11.6 Å². The molecule has 7 nitrogen and oxygen atoms in total. The molecule has 2 heterocycles. The second kappa shape index (κ2) is 6.07. The smallest absolute Gasteiger partial charge is 0.311 e. The molecular formula is C14H20N4O3. The number of nitrogens with one attached hydrogen (secondary N) is 1. The van der Waals surface area contributed by atoms with Crippen LogP contribution in [0.5, 0.6) is 0 Å². The lowest BCUT2D eigenvalue weighted by atomic mass is 9.76. The van der Waals surface area contributed by atoms with E-state index in [0.717, 1.165) is 5.57 Å². The van der Waals surface area contributed by atoms with Gasteiger partial charge in [0, 0.05) is 13.1 Å². The average molecular weight is 292 g/mol. The Morgan fingerprint density at radius 3 is 2.86 bits per heavy atom. The molecule has 2 N–H and O–H groups in total. The van der Waals surface area contributed by atoms with Gasteiger partial charge in [0.15, 0.2) is 5.69 Å². The van der Waals surface area contributed by atoms with E-state index in [-0.39, 0.29) is 18.1 Å². The standard InChI is InChI=1S/C14H20N4O3/c1-10(2)4-6-14(13(20)21)5-3-7-18(9-14)12(19)11-8-15-17-16-11/h4,8H,3,5-7,9H2,1-2H3,(H,20,21)(H,15,16,17). The predicted molar refractivity (Wildman–Crippen MR) is 75.6 cm³/mol. The first-order chi connectivity index (χ1) is 9.94. The molecule has 1 aliphatic rings. The molecule has 1 aliphatic heterocycles. The Morgan fingerprint density at radius 1 is 1.52 bits per heavy atom. The summed E-state index contributed by atoms with van der Waals surface area (Å²) < 4.78 is 0. The molecule has 0 radical (unpaired) electrons. The monoisotopic (exact) mass is 292 g/mol. The number of amides is 1. The molecule has 1 atom stereocenters. The van der Waals surface area contributed by atoms with Gasteiger partial charge in [-0.05, 0) is 33.1 Å². The van der Waals surface area contributed by atoms with E-state index in [4.69, 9.17) is 0 Å². The Morgan fingerprint density at radius 2 is 2.29 bits per heavy atom. The summed E-state index contributed by atoms with van der Waals surface area (Å²) in [7, 11) is 0. The number of carboxylic acids is 1. The van der Waals surface area contributed by atoms with Crippen LogP contribution < -0.4 is 0 Å². The lowest BCUT2D eigenvalue weighted by molar-refractivity contribution is -0.151. The van der Waals surface area contributed by atoms with Crippen LogP contribution in [0.15, 0.2) is 17.8 Å². The van der Waals surface area contributed by atoms with Crippen molar-refractivity contribution in [1.82, 2.24) is 20.3 Å². The highest BCUT2D eigenvalue weighted by atomic mass is 16.4. The number of piperidine rings is 1. The van der Waals surface area contributed by atoms with Crippen molar-refractivity contribution in [1.29, 1.82) is 0 Å². The number of aliphatic carboxylic acids is 1. The fraction of sp³-hybridized carbons (Fsp3) is 0.571. The van der Waals surface area contributed by atoms with E-state index < -0.39 is 11.4 Å². The molecule has 114 valence electrons. The second-order valence-corrected chi connectivity index (χ2v) is 5.76. The first-order valence-corrected chi connectivity index (χ1v) is 6.96. The highest BCUT2D eigenvalue weighted by molar-refractivity contribution is 5.92. The molecule has 1 amide bonds. The van der Waals surface area contributed by atoms with E-state index in [9.17, 15) is 14.7 Å². The number of carbonyl (C=O) groups is 2. The number of H-pyrrole nitrogens is 1. The molecule has 2 rings (SSSR count). The van der Waals surface area contributed by atoms with Crippen molar-refractivity contribution in [3.05, 3.63) is 23.5 Å². The molecule has 1 saturated heterocycles. The maximum absolute atomic E-state index is 12.3. The molecule has 1 fully saturated rings. The van der Waals surface area contributed by atoms with Crippen LogP contribution in [0.2, 0.25) is 0 Å². The van der Waals surface area contributed by atoms with Crippen molar-refractivity contribution in [2.45, 2.75) is 33.1 Å². The van der Waals surface area contributed by atoms with E-state index in [1.165, 1.54) is 6.20 Å². The van der Waals surface area contributed by atoms with Crippen molar-refractivity contribution in [2.75, 3.05) is 13.1 Å². The van der Waals surface area contributed by atoms with Crippen LogP contribution in [0.25, 0.3) is 0 Å². The Hall–Kier alpha value is -2.18. The van der Waals surface area contributed by atoms with Gasteiger partial charge in [-0.15, -0.1) is 0 Å². The third-order valence-electron chi connectivity index (χ3n) is 3.85. The molecule has 0 aromatic carbocycles. The number of hydrogen-bond acceptors (Lipinski definition) is 4. The van der Waals surface area contributed by atoms with Crippen LogP contribution in [-0.2, 0) is 4.79 Å². The Kier molecular flexibility index (Phi) is 4.40. The molecule has 7 heteroatoms. The molecule has 0 saturated carbocycles. The highest BCUT2D eigenvalue weighted by Gasteiger charge is 2.43. The second-order valence-electron chi connectivity index (χ2n) is 5.76. The Labute approximate surface area is 123 Å². The maximum Gasteiger partial charge on any atom is 0.311 e. The quantitative estimate of drug-likeness (QED) is 0.819. The number of aromatic nitrogens is 3. The number of carbonyl (C=O) groups excluding carboxylic acids is 1. The third kappa shape index (κ3) is 3.29. The van der Waals surface area contributed by atoms with Crippen molar-refractivity contribution in [2.24, 2.45) is 5.41 Å².